The van der Waals surface area contributed by atoms with Gasteiger partial charge in [0.25, 0.3) is 0 Å². The number of aromatic nitrogens is 2. The minimum Gasteiger partial charge on any atom is -0.481 e. The first-order valence-corrected chi connectivity index (χ1v) is 10.1. The number of benzene rings is 2. The molecule has 0 saturated carbocycles. The smallest absolute Gasteiger partial charge is 0.303 e. The molecule has 0 saturated heterocycles. The molecule has 4 nitrogen and oxygen atoms in total. The minimum atomic E-state index is -0.749. The topological polar surface area (TPSA) is 47.2 Å². The van der Waals surface area contributed by atoms with E-state index in [-0.39, 0.29) is 6.42 Å². The zero-order chi connectivity index (χ0) is 20.9. The largest absolute Gasteiger partial charge is 0.481 e. The maximum absolute atomic E-state index is 11.2. The second kappa shape index (κ2) is 7.11. The van der Waals surface area contributed by atoms with Crippen molar-refractivity contribution < 1.29 is 9.90 Å². The highest BCUT2D eigenvalue weighted by Gasteiger charge is 2.18. The van der Waals surface area contributed by atoms with E-state index in [9.17, 15) is 9.90 Å². The number of aryl methyl sites for hydroxylation is 5. The van der Waals surface area contributed by atoms with Gasteiger partial charge in [-0.2, -0.15) is 0 Å². The Labute approximate surface area is 171 Å². The van der Waals surface area contributed by atoms with Crippen LogP contribution in [0.25, 0.3) is 21.8 Å². The molecule has 4 heteroatoms. The Bertz CT molecular complexity index is 1260. The molecule has 150 valence electrons. The van der Waals surface area contributed by atoms with E-state index in [1.54, 1.807) is 0 Å². The van der Waals surface area contributed by atoms with Crippen molar-refractivity contribution in [1.29, 1.82) is 0 Å². The van der Waals surface area contributed by atoms with Crippen LogP contribution >= 0.6 is 0 Å². The van der Waals surface area contributed by atoms with Crippen LogP contribution in [-0.2, 0) is 31.7 Å². The first-order chi connectivity index (χ1) is 13.8. The molecule has 2 aromatic carbocycles. The fraction of sp³-hybridized carbons (Fsp3) is 0.320. The second-order valence-electron chi connectivity index (χ2n) is 8.14. The summed E-state index contributed by atoms with van der Waals surface area (Å²) in [5.41, 5.74) is 9.90. The molecule has 0 aliphatic carbocycles. The SMILES string of the molecule is Cc1cccc2c1cc(Cc1ccc3c(c1C)c(CCC(=O)O)c(C)n3C)n2C. The molecule has 4 aromatic rings. The number of carboxylic acid groups (broad SMARTS) is 1. The third kappa shape index (κ3) is 3.13. The number of rotatable bonds is 5. The Kier molecular flexibility index (Phi) is 4.73. The van der Waals surface area contributed by atoms with Crippen LogP contribution in [0.5, 0.6) is 0 Å². The van der Waals surface area contributed by atoms with Crippen LogP contribution in [0.3, 0.4) is 0 Å². The van der Waals surface area contributed by atoms with Crippen molar-refractivity contribution in [1.82, 2.24) is 9.13 Å². The highest BCUT2D eigenvalue weighted by atomic mass is 16.4. The summed E-state index contributed by atoms with van der Waals surface area (Å²) in [7, 11) is 4.20. The van der Waals surface area contributed by atoms with Crippen molar-refractivity contribution in [3.05, 3.63) is 70.0 Å². The molecule has 1 N–H and O–H groups in total. The summed E-state index contributed by atoms with van der Waals surface area (Å²) >= 11 is 0. The molecular formula is C25H28N2O2. The molecular weight excluding hydrogens is 360 g/mol. The quantitative estimate of drug-likeness (QED) is 0.511. The van der Waals surface area contributed by atoms with Crippen molar-refractivity contribution in [2.75, 3.05) is 0 Å². The maximum Gasteiger partial charge on any atom is 0.303 e. The zero-order valence-corrected chi connectivity index (χ0v) is 17.8. The lowest BCUT2D eigenvalue weighted by Gasteiger charge is -2.11. The van der Waals surface area contributed by atoms with E-state index >= 15 is 0 Å². The summed E-state index contributed by atoms with van der Waals surface area (Å²) in [5, 5.41) is 11.7. The molecule has 0 fully saturated rings. The number of carboxylic acids is 1. The number of hydrogen-bond acceptors (Lipinski definition) is 1. The summed E-state index contributed by atoms with van der Waals surface area (Å²) in [5.74, 6) is -0.749. The Balaban J connectivity index is 1.82. The molecule has 0 atom stereocenters. The molecule has 0 radical (unpaired) electrons. The van der Waals surface area contributed by atoms with E-state index in [4.69, 9.17) is 0 Å². The molecule has 0 spiro atoms. The molecule has 4 rings (SSSR count). The van der Waals surface area contributed by atoms with E-state index in [0.29, 0.717) is 6.42 Å². The number of aliphatic carboxylic acids is 1. The van der Waals surface area contributed by atoms with Crippen molar-refractivity contribution in [3.8, 4) is 0 Å². The lowest BCUT2D eigenvalue weighted by Crippen LogP contribution is -2.01. The van der Waals surface area contributed by atoms with E-state index < -0.39 is 5.97 Å². The van der Waals surface area contributed by atoms with Gasteiger partial charge in [-0.15, -0.1) is 0 Å². The Morgan fingerprint density at radius 1 is 1.00 bits per heavy atom. The van der Waals surface area contributed by atoms with Crippen molar-refractivity contribution in [3.63, 3.8) is 0 Å². The van der Waals surface area contributed by atoms with Gasteiger partial charge in [0.15, 0.2) is 0 Å². The predicted octanol–water partition coefficient (Wildman–Crippen LogP) is 5.20. The molecule has 0 bridgehead atoms. The van der Waals surface area contributed by atoms with Gasteiger partial charge in [-0.1, -0.05) is 18.2 Å². The predicted molar refractivity (Wildman–Crippen MR) is 119 cm³/mol. The van der Waals surface area contributed by atoms with Crippen LogP contribution in [0.15, 0.2) is 36.4 Å². The van der Waals surface area contributed by atoms with Crippen molar-refractivity contribution in [2.45, 2.75) is 40.0 Å². The Morgan fingerprint density at radius 2 is 1.76 bits per heavy atom. The average Bonchev–Trinajstić information content (AvgIpc) is 3.13. The summed E-state index contributed by atoms with van der Waals surface area (Å²) in [6, 6.07) is 13.2. The molecule has 2 heterocycles. The highest BCUT2D eigenvalue weighted by Crippen LogP contribution is 2.32. The monoisotopic (exact) mass is 388 g/mol. The highest BCUT2D eigenvalue weighted by molar-refractivity contribution is 5.90. The van der Waals surface area contributed by atoms with Crippen LogP contribution in [0.1, 0.15) is 40.1 Å². The first kappa shape index (κ1) is 19.3. The zero-order valence-electron chi connectivity index (χ0n) is 17.8. The standard InChI is InChI=1S/C25H28N2O2/c1-15-7-6-8-22-21(15)14-19(27(22)5)13-18-9-11-23-25(16(18)2)20(10-12-24(28)29)17(3)26(23)4/h6-9,11,14H,10,12-13H2,1-5H3,(H,28,29). The van der Waals surface area contributed by atoms with Gasteiger partial charge < -0.3 is 14.2 Å². The van der Waals surface area contributed by atoms with Gasteiger partial charge in [0.1, 0.15) is 0 Å². The van der Waals surface area contributed by atoms with Crippen LogP contribution in [0.2, 0.25) is 0 Å². The van der Waals surface area contributed by atoms with E-state index in [1.807, 2.05) is 0 Å². The second-order valence-corrected chi connectivity index (χ2v) is 8.14. The third-order valence-electron chi connectivity index (χ3n) is 6.52. The van der Waals surface area contributed by atoms with Gasteiger partial charge in [0.2, 0.25) is 0 Å². The normalized spacial score (nSPS) is 11.6. The van der Waals surface area contributed by atoms with Gasteiger partial charge in [-0.05, 0) is 67.6 Å². The molecule has 2 aromatic heterocycles. The molecule has 0 aliphatic heterocycles. The van der Waals surface area contributed by atoms with Crippen molar-refractivity contribution >= 4 is 27.8 Å². The third-order valence-corrected chi connectivity index (χ3v) is 6.52. The van der Waals surface area contributed by atoms with E-state index in [0.717, 1.165) is 17.7 Å². The Hall–Kier alpha value is -3.01. The fourth-order valence-corrected chi connectivity index (χ4v) is 4.62. The molecule has 0 aliphatic rings. The lowest BCUT2D eigenvalue weighted by molar-refractivity contribution is -0.136. The molecule has 0 unspecified atom stereocenters. The molecule has 29 heavy (non-hydrogen) atoms. The number of nitrogens with zero attached hydrogens (tertiary/aromatic N) is 2. The van der Waals surface area contributed by atoms with E-state index in [1.165, 1.54) is 44.2 Å². The first-order valence-electron chi connectivity index (χ1n) is 10.1. The van der Waals surface area contributed by atoms with Crippen LogP contribution in [-0.4, -0.2) is 20.2 Å². The summed E-state index contributed by atoms with van der Waals surface area (Å²) in [6.45, 7) is 6.42. The fourth-order valence-electron chi connectivity index (χ4n) is 4.62. The Morgan fingerprint density at radius 3 is 2.45 bits per heavy atom. The minimum absolute atomic E-state index is 0.159. The number of hydrogen-bond donors (Lipinski definition) is 1. The lowest BCUT2D eigenvalue weighted by atomic mass is 9.96. The van der Waals surface area contributed by atoms with E-state index in [2.05, 4.69) is 80.4 Å². The maximum atomic E-state index is 11.2. The molecule has 0 amide bonds. The van der Waals surface area contributed by atoms with Gasteiger partial charge >= 0.3 is 5.97 Å². The van der Waals surface area contributed by atoms with Gasteiger partial charge in [-0.3, -0.25) is 4.79 Å². The number of carbonyl (C=O) groups is 1. The van der Waals surface area contributed by atoms with Gasteiger partial charge in [0.05, 0.1) is 0 Å². The summed E-state index contributed by atoms with van der Waals surface area (Å²) < 4.78 is 4.47. The van der Waals surface area contributed by atoms with Crippen LogP contribution < -0.4 is 0 Å². The van der Waals surface area contributed by atoms with Crippen molar-refractivity contribution in [2.24, 2.45) is 14.1 Å². The number of fused-ring (bicyclic) bond motifs is 2. The average molecular weight is 389 g/mol. The summed E-state index contributed by atoms with van der Waals surface area (Å²) in [4.78, 5) is 11.2. The summed E-state index contributed by atoms with van der Waals surface area (Å²) in [6.07, 6.45) is 1.58. The van der Waals surface area contributed by atoms with Crippen LogP contribution in [0.4, 0.5) is 0 Å². The van der Waals surface area contributed by atoms with Crippen LogP contribution in [0, 0.1) is 20.8 Å². The van der Waals surface area contributed by atoms with Gasteiger partial charge in [-0.25, -0.2) is 0 Å². The van der Waals surface area contributed by atoms with Gasteiger partial charge in [0, 0.05) is 60.1 Å².